The third-order valence-electron chi connectivity index (χ3n) is 6.25. The van der Waals surface area contributed by atoms with Crippen molar-refractivity contribution in [3.05, 3.63) is 60.3 Å². The highest BCUT2D eigenvalue weighted by molar-refractivity contribution is 8.00. The average Bonchev–Trinajstić information content (AvgIpc) is 3.43. The molecule has 5 rings (SSSR count). The van der Waals surface area contributed by atoms with Crippen molar-refractivity contribution in [3.63, 3.8) is 0 Å². The third kappa shape index (κ3) is 4.06. The van der Waals surface area contributed by atoms with Gasteiger partial charge in [-0.3, -0.25) is 9.88 Å². The molecule has 0 atom stereocenters. The van der Waals surface area contributed by atoms with Crippen LogP contribution in [-0.4, -0.2) is 41.2 Å². The number of alkyl halides is 3. The maximum atomic E-state index is 12.6. The number of aromatic nitrogens is 1. The van der Waals surface area contributed by atoms with E-state index in [2.05, 4.69) is 32.2 Å². The van der Waals surface area contributed by atoms with Crippen molar-refractivity contribution in [1.29, 1.82) is 0 Å². The van der Waals surface area contributed by atoms with Crippen molar-refractivity contribution in [3.8, 4) is 0 Å². The summed E-state index contributed by atoms with van der Waals surface area (Å²) in [4.78, 5) is 9.56. The molecule has 8 heteroatoms. The molecule has 0 radical (unpaired) electrons. The van der Waals surface area contributed by atoms with E-state index in [-0.39, 0.29) is 22.2 Å². The summed E-state index contributed by atoms with van der Waals surface area (Å²) in [6.07, 6.45) is 4.16. The van der Waals surface area contributed by atoms with Crippen molar-refractivity contribution in [2.24, 2.45) is 0 Å². The van der Waals surface area contributed by atoms with E-state index in [1.807, 2.05) is 25.4 Å². The first-order valence-corrected chi connectivity index (χ1v) is 11.1. The normalized spacial score (nSPS) is 18.1. The molecule has 1 saturated heterocycles. The second kappa shape index (κ2) is 7.60. The number of thioether (sulfide) groups is 1. The highest BCUT2D eigenvalue weighted by Gasteiger charge is 2.53. The minimum Gasteiger partial charge on any atom is -0.386 e. The smallest absolute Gasteiger partial charge is 0.386 e. The number of halogens is 3. The number of pyridine rings is 1. The van der Waals surface area contributed by atoms with Crippen molar-refractivity contribution in [2.75, 3.05) is 30.5 Å². The van der Waals surface area contributed by atoms with Gasteiger partial charge in [0.2, 0.25) is 0 Å². The van der Waals surface area contributed by atoms with Crippen LogP contribution in [0.4, 0.5) is 24.5 Å². The van der Waals surface area contributed by atoms with Crippen molar-refractivity contribution in [2.45, 2.75) is 35.3 Å². The lowest BCUT2D eigenvalue weighted by atomic mass is 10.1. The Morgan fingerprint density at radius 2 is 1.87 bits per heavy atom. The van der Waals surface area contributed by atoms with Gasteiger partial charge in [-0.05, 0) is 66.6 Å². The van der Waals surface area contributed by atoms with Crippen molar-refractivity contribution in [1.82, 2.24) is 9.88 Å². The topological polar surface area (TPSA) is 31.4 Å². The van der Waals surface area contributed by atoms with Crippen LogP contribution in [0, 0.1) is 0 Å². The zero-order chi connectivity index (χ0) is 21.6. The van der Waals surface area contributed by atoms with E-state index in [0.29, 0.717) is 0 Å². The molecule has 1 N–H and O–H groups in total. The summed E-state index contributed by atoms with van der Waals surface area (Å²) in [7, 11) is 1.90. The largest absolute Gasteiger partial charge is 0.446 e. The molecule has 2 heterocycles. The van der Waals surface area contributed by atoms with Gasteiger partial charge in [-0.2, -0.15) is 13.2 Å². The molecule has 1 aliphatic carbocycles. The molecule has 1 spiro atoms. The summed E-state index contributed by atoms with van der Waals surface area (Å²) in [5.41, 5.74) is 0.103. The fraction of sp³-hybridized carbons (Fsp3) is 0.348. The van der Waals surface area contributed by atoms with Crippen LogP contribution in [0.15, 0.2) is 59.6 Å². The fourth-order valence-electron chi connectivity index (χ4n) is 4.51. The Morgan fingerprint density at radius 3 is 2.55 bits per heavy atom. The zero-order valence-electron chi connectivity index (χ0n) is 17.1. The number of para-hydroxylation sites is 1. The van der Waals surface area contributed by atoms with Crippen LogP contribution < -0.4 is 10.2 Å². The molecule has 31 heavy (non-hydrogen) atoms. The van der Waals surface area contributed by atoms with Gasteiger partial charge in [0.1, 0.15) is 0 Å². The van der Waals surface area contributed by atoms with Crippen LogP contribution in [0.25, 0.3) is 10.9 Å². The minimum atomic E-state index is -4.26. The van der Waals surface area contributed by atoms with Gasteiger partial charge in [-0.15, -0.1) is 0 Å². The van der Waals surface area contributed by atoms with Gasteiger partial charge in [0.05, 0.1) is 17.9 Å². The van der Waals surface area contributed by atoms with Crippen LogP contribution in [0.1, 0.15) is 18.4 Å². The second-order valence-electron chi connectivity index (χ2n) is 8.23. The number of hydrogen-bond acceptors (Lipinski definition) is 5. The number of nitrogens with one attached hydrogen (secondary N) is 1. The van der Waals surface area contributed by atoms with Gasteiger partial charge in [-0.25, -0.2) is 0 Å². The lowest BCUT2D eigenvalue weighted by Crippen LogP contribution is -2.32. The molecule has 3 aromatic rings. The van der Waals surface area contributed by atoms with Crippen LogP contribution in [0.3, 0.4) is 0 Å². The molecule has 0 unspecified atom stereocenters. The van der Waals surface area contributed by atoms with Crippen LogP contribution in [0.2, 0.25) is 0 Å². The van der Waals surface area contributed by atoms with Crippen LogP contribution in [-0.2, 0) is 6.54 Å². The monoisotopic (exact) mass is 444 g/mol. The SMILES string of the molecule is CNc1cccc2c(CN3CN(c4ccc(SC(F)(F)F)cc4)CC34CC4)ccnc12. The molecule has 162 valence electrons. The van der Waals surface area contributed by atoms with E-state index >= 15 is 0 Å². The van der Waals surface area contributed by atoms with Crippen LogP contribution >= 0.6 is 11.8 Å². The molecule has 0 amide bonds. The Hall–Kier alpha value is -2.45. The highest BCUT2D eigenvalue weighted by atomic mass is 32.2. The quantitative estimate of drug-likeness (QED) is 0.510. The number of rotatable bonds is 5. The first kappa shape index (κ1) is 20.5. The molecule has 1 aromatic heterocycles. The molecule has 2 aliphatic rings. The highest BCUT2D eigenvalue weighted by Crippen LogP contribution is 2.48. The molecular formula is C23H23F3N4S. The molecule has 1 aliphatic heterocycles. The standard InChI is InChI=1S/C23H23F3N4S/c1-27-20-4-2-3-19-16(9-12-28-21(19)20)13-30-15-29(14-22(30)10-11-22)17-5-7-18(8-6-17)31-23(24,25)26/h2-9,12,27H,10-11,13-15H2,1H3. The Labute approximate surface area is 183 Å². The molecule has 4 nitrogen and oxygen atoms in total. The molecule has 2 fully saturated rings. The molecular weight excluding hydrogens is 421 g/mol. The Kier molecular flexibility index (Phi) is 5.01. The summed E-state index contributed by atoms with van der Waals surface area (Å²) < 4.78 is 37.8. The number of hydrogen-bond donors (Lipinski definition) is 1. The Morgan fingerprint density at radius 1 is 1.10 bits per heavy atom. The molecule has 2 aromatic carbocycles. The lowest BCUT2D eigenvalue weighted by molar-refractivity contribution is -0.0328. The Bertz CT molecular complexity index is 1100. The minimum absolute atomic E-state index is 0.0695. The first-order chi connectivity index (χ1) is 14.9. The van der Waals surface area contributed by atoms with E-state index in [0.717, 1.165) is 54.9 Å². The Balaban J connectivity index is 1.36. The van der Waals surface area contributed by atoms with Crippen LogP contribution in [0.5, 0.6) is 0 Å². The maximum Gasteiger partial charge on any atom is 0.446 e. The summed E-state index contributed by atoms with van der Waals surface area (Å²) in [6, 6.07) is 15.0. The van der Waals surface area contributed by atoms with Gasteiger partial charge in [0, 0.05) is 47.8 Å². The number of benzene rings is 2. The van der Waals surface area contributed by atoms with Gasteiger partial charge in [-0.1, -0.05) is 12.1 Å². The number of fused-ring (bicyclic) bond motifs is 1. The lowest BCUT2D eigenvalue weighted by Gasteiger charge is -2.23. The third-order valence-corrected chi connectivity index (χ3v) is 6.99. The predicted octanol–water partition coefficient (Wildman–Crippen LogP) is 5.70. The summed E-state index contributed by atoms with van der Waals surface area (Å²) >= 11 is -0.0695. The summed E-state index contributed by atoms with van der Waals surface area (Å²) in [5, 5.41) is 4.36. The van der Waals surface area contributed by atoms with Crippen molar-refractivity contribution < 1.29 is 13.2 Å². The molecule has 1 saturated carbocycles. The number of nitrogens with zero attached hydrogens (tertiary/aromatic N) is 3. The van der Waals surface area contributed by atoms with E-state index in [1.165, 1.54) is 5.56 Å². The van der Waals surface area contributed by atoms with Gasteiger partial charge in [0.15, 0.2) is 0 Å². The maximum absolute atomic E-state index is 12.6. The van der Waals surface area contributed by atoms with Crippen molar-refractivity contribution >= 4 is 34.0 Å². The second-order valence-corrected chi connectivity index (χ2v) is 9.36. The predicted molar refractivity (Wildman–Crippen MR) is 119 cm³/mol. The molecule has 0 bridgehead atoms. The van der Waals surface area contributed by atoms with Gasteiger partial charge in [0.25, 0.3) is 0 Å². The average molecular weight is 445 g/mol. The number of anilines is 2. The fourth-order valence-corrected chi connectivity index (χ4v) is 5.05. The summed E-state index contributed by atoms with van der Waals surface area (Å²) in [6.45, 7) is 2.50. The van der Waals surface area contributed by atoms with E-state index in [4.69, 9.17) is 0 Å². The van der Waals surface area contributed by atoms with E-state index in [9.17, 15) is 13.2 Å². The van der Waals surface area contributed by atoms with E-state index in [1.54, 1.807) is 24.3 Å². The van der Waals surface area contributed by atoms with E-state index < -0.39 is 5.51 Å². The van der Waals surface area contributed by atoms with Gasteiger partial charge < -0.3 is 10.2 Å². The summed E-state index contributed by atoms with van der Waals surface area (Å²) in [5.74, 6) is 0. The zero-order valence-corrected chi connectivity index (χ0v) is 17.9. The first-order valence-electron chi connectivity index (χ1n) is 10.3. The van der Waals surface area contributed by atoms with Gasteiger partial charge >= 0.3 is 5.51 Å².